The van der Waals surface area contributed by atoms with Gasteiger partial charge in [0, 0.05) is 6.42 Å². The summed E-state index contributed by atoms with van der Waals surface area (Å²) in [5.41, 5.74) is -5.68. The molecule has 1 saturated heterocycles. The van der Waals surface area contributed by atoms with Gasteiger partial charge in [-0.2, -0.15) is 0 Å². The number of aromatic hydroxyl groups is 1. The Morgan fingerprint density at radius 1 is 0.963 bits per heavy atom. The molecule has 0 bridgehead atoms. The third-order valence-corrected chi connectivity index (χ3v) is 5.03. The molecule has 1 aromatic rings. The molecule has 150 valence electrons. The lowest BCUT2D eigenvalue weighted by Gasteiger charge is -2.40. The highest BCUT2D eigenvalue weighted by Gasteiger charge is 2.84. The van der Waals surface area contributed by atoms with Gasteiger partial charge in [0.05, 0.1) is 11.7 Å². The largest absolute Gasteiger partial charge is 0.508 e. The number of fused-ring (bicyclic) bond motifs is 1. The molecule has 3 rings (SSSR count). The van der Waals surface area contributed by atoms with Crippen molar-refractivity contribution in [3.63, 3.8) is 0 Å². The lowest BCUT2D eigenvalue weighted by Crippen LogP contribution is -2.70. The van der Waals surface area contributed by atoms with Gasteiger partial charge in [-0.25, -0.2) is 0 Å². The number of nitrogens with zero attached hydrogens (tertiary/aromatic N) is 1. The Balaban J connectivity index is 2.13. The van der Waals surface area contributed by atoms with Crippen molar-refractivity contribution in [2.45, 2.75) is 41.8 Å². The average molecular weight is 389 g/mol. The van der Waals surface area contributed by atoms with Gasteiger partial charge in [0.15, 0.2) is 0 Å². The van der Waals surface area contributed by atoms with Crippen molar-refractivity contribution < 1.29 is 56.3 Å². The van der Waals surface area contributed by atoms with Gasteiger partial charge in [-0.3, -0.25) is 0 Å². The highest BCUT2D eigenvalue weighted by Crippen LogP contribution is 2.58. The number of hydroxylamine groups is 2. The van der Waals surface area contributed by atoms with E-state index in [4.69, 9.17) is 0 Å². The summed E-state index contributed by atoms with van der Waals surface area (Å²) >= 11 is 0. The van der Waals surface area contributed by atoms with E-state index in [1.54, 1.807) is 0 Å². The van der Waals surface area contributed by atoms with Gasteiger partial charge in [0.25, 0.3) is 11.8 Å². The second-order valence-corrected chi connectivity index (χ2v) is 6.63. The quantitative estimate of drug-likeness (QED) is 0.175. The molecule has 0 aromatic heterocycles. The Labute approximate surface area is 150 Å². The van der Waals surface area contributed by atoms with Crippen molar-refractivity contribution in [3.05, 3.63) is 41.0 Å². The van der Waals surface area contributed by atoms with Crippen LogP contribution in [0.25, 0.3) is 0 Å². The Morgan fingerprint density at radius 2 is 1.48 bits per heavy atom. The lowest BCUT2D eigenvalue weighted by molar-refractivity contribution is -0.476. The van der Waals surface area contributed by atoms with E-state index in [2.05, 4.69) is 0 Å². The standard InChI is InChI=1S/C15H19NO11/c17-7-3-1-6(2-4-7)9(18)5-8-10-12(20,13(21,22)11(8)19)15(25,26)16(27)14(10,23)24/h1-4,9,11,17-27H,5H2/t9-,11?,12?/m0/s1. The number of phenolic OH excluding ortho intramolecular Hbond substituents is 1. The maximum Gasteiger partial charge on any atom is 0.292 e. The number of aliphatic hydroxyl groups is 9. The first-order chi connectivity index (χ1) is 12.2. The van der Waals surface area contributed by atoms with E-state index in [9.17, 15) is 56.3 Å². The van der Waals surface area contributed by atoms with E-state index in [1.807, 2.05) is 0 Å². The fraction of sp³-hybridized carbons (Fsp3) is 0.467. The first-order valence-electron chi connectivity index (χ1n) is 7.65. The van der Waals surface area contributed by atoms with Crippen LogP contribution in [0.2, 0.25) is 0 Å². The molecule has 1 aliphatic heterocycles. The van der Waals surface area contributed by atoms with E-state index in [1.165, 1.54) is 24.3 Å². The minimum absolute atomic E-state index is 0.116. The van der Waals surface area contributed by atoms with Crippen LogP contribution >= 0.6 is 0 Å². The smallest absolute Gasteiger partial charge is 0.292 e. The third kappa shape index (κ3) is 2.32. The van der Waals surface area contributed by atoms with Crippen molar-refractivity contribution in [3.8, 4) is 5.75 Å². The predicted octanol–water partition coefficient (Wildman–Crippen LogP) is -4.12. The summed E-state index contributed by atoms with van der Waals surface area (Å²) in [5.74, 6) is -11.6. The Hall–Kier alpha value is -1.68. The number of rotatable bonds is 3. The zero-order valence-corrected chi connectivity index (χ0v) is 13.5. The molecule has 0 radical (unpaired) electrons. The number of hydrogen-bond acceptors (Lipinski definition) is 12. The molecule has 2 aliphatic rings. The highest BCUT2D eigenvalue weighted by molar-refractivity contribution is 5.49. The fourth-order valence-electron chi connectivity index (χ4n) is 3.58. The predicted molar refractivity (Wildman–Crippen MR) is 80.8 cm³/mol. The van der Waals surface area contributed by atoms with Crippen LogP contribution in [-0.2, 0) is 0 Å². The second-order valence-electron chi connectivity index (χ2n) is 6.63. The summed E-state index contributed by atoms with van der Waals surface area (Å²) in [6.07, 6.45) is -4.74. The molecule has 0 spiro atoms. The van der Waals surface area contributed by atoms with Gasteiger partial charge in [-0.1, -0.05) is 17.2 Å². The van der Waals surface area contributed by atoms with E-state index in [0.29, 0.717) is 0 Å². The molecular formula is C15H19NO11. The van der Waals surface area contributed by atoms with Crippen LogP contribution in [0.4, 0.5) is 0 Å². The summed E-state index contributed by atoms with van der Waals surface area (Å²) in [5, 5.41) is 109. The Kier molecular flexibility index (Phi) is 4.21. The first-order valence-corrected chi connectivity index (χ1v) is 7.65. The number of benzene rings is 1. The molecule has 12 nitrogen and oxygen atoms in total. The molecule has 0 amide bonds. The van der Waals surface area contributed by atoms with Crippen molar-refractivity contribution in [1.82, 2.24) is 5.06 Å². The van der Waals surface area contributed by atoms with Gasteiger partial charge in [0.2, 0.25) is 11.4 Å². The molecule has 0 saturated carbocycles. The van der Waals surface area contributed by atoms with Crippen molar-refractivity contribution in [1.29, 1.82) is 0 Å². The molecule has 11 N–H and O–H groups in total. The maximum atomic E-state index is 10.5. The van der Waals surface area contributed by atoms with Gasteiger partial charge in [-0.15, -0.1) is 0 Å². The fourth-order valence-corrected chi connectivity index (χ4v) is 3.58. The number of aliphatic hydroxyl groups excluding tert-OH is 2. The van der Waals surface area contributed by atoms with Crippen LogP contribution in [0.3, 0.4) is 0 Å². The maximum absolute atomic E-state index is 10.5. The van der Waals surface area contributed by atoms with Crippen LogP contribution in [0.1, 0.15) is 18.1 Å². The van der Waals surface area contributed by atoms with Crippen LogP contribution < -0.4 is 0 Å². The lowest BCUT2D eigenvalue weighted by atomic mass is 9.88. The molecule has 27 heavy (non-hydrogen) atoms. The Bertz CT molecular complexity index is 787. The van der Waals surface area contributed by atoms with Gasteiger partial charge < -0.3 is 56.3 Å². The highest BCUT2D eigenvalue weighted by atomic mass is 16.7. The molecule has 1 aliphatic carbocycles. The topological polar surface area (TPSA) is 226 Å². The summed E-state index contributed by atoms with van der Waals surface area (Å²) in [6, 6.07) is 5.01. The number of phenols is 1. The van der Waals surface area contributed by atoms with Crippen LogP contribution in [0.5, 0.6) is 5.75 Å². The Morgan fingerprint density at radius 3 is 2.00 bits per heavy atom. The SMILES string of the molecule is Oc1ccc([C@@H](O)CC2=C3C(O)(O)N(O)C(O)(O)C3(O)C(O)(O)C2O)cc1. The van der Waals surface area contributed by atoms with E-state index in [0.717, 1.165) is 0 Å². The second kappa shape index (κ2) is 5.66. The van der Waals surface area contributed by atoms with Crippen molar-refractivity contribution >= 4 is 0 Å². The first kappa shape index (κ1) is 20.1. The molecule has 1 aromatic carbocycles. The van der Waals surface area contributed by atoms with Crippen molar-refractivity contribution in [2.24, 2.45) is 0 Å². The minimum atomic E-state index is -4.03. The van der Waals surface area contributed by atoms with Crippen molar-refractivity contribution in [2.75, 3.05) is 0 Å². The molecule has 2 unspecified atom stereocenters. The monoisotopic (exact) mass is 389 g/mol. The summed E-state index contributed by atoms with van der Waals surface area (Å²) in [6.45, 7) is 0. The van der Waals surface area contributed by atoms with Crippen LogP contribution in [0, 0.1) is 0 Å². The normalized spacial score (nSPS) is 32.6. The minimum Gasteiger partial charge on any atom is -0.508 e. The van der Waals surface area contributed by atoms with E-state index in [-0.39, 0.29) is 11.3 Å². The molecular weight excluding hydrogens is 370 g/mol. The van der Waals surface area contributed by atoms with Gasteiger partial charge in [-0.05, 0) is 23.3 Å². The zero-order chi connectivity index (χ0) is 20.6. The van der Waals surface area contributed by atoms with Gasteiger partial charge in [0.1, 0.15) is 11.9 Å². The summed E-state index contributed by atoms with van der Waals surface area (Å²) < 4.78 is 0. The average Bonchev–Trinajstić information content (AvgIpc) is 2.80. The summed E-state index contributed by atoms with van der Waals surface area (Å²) in [4.78, 5) is 0. The third-order valence-electron chi connectivity index (χ3n) is 5.03. The zero-order valence-electron chi connectivity index (χ0n) is 13.5. The van der Waals surface area contributed by atoms with Crippen LogP contribution in [0.15, 0.2) is 35.4 Å². The number of hydrogen-bond donors (Lipinski definition) is 11. The van der Waals surface area contributed by atoms with E-state index < -0.39 is 58.0 Å². The van der Waals surface area contributed by atoms with Crippen LogP contribution in [-0.4, -0.2) is 90.6 Å². The molecule has 1 heterocycles. The molecule has 1 fully saturated rings. The van der Waals surface area contributed by atoms with Gasteiger partial charge >= 0.3 is 0 Å². The molecule has 3 atom stereocenters. The van der Waals surface area contributed by atoms with E-state index >= 15 is 0 Å². The summed E-state index contributed by atoms with van der Waals surface area (Å²) in [7, 11) is 0. The molecule has 12 heteroatoms.